The molecule has 9 heteroatoms. The van der Waals surface area contributed by atoms with E-state index in [0.717, 1.165) is 22.0 Å². The van der Waals surface area contributed by atoms with Gasteiger partial charge in [0.1, 0.15) is 0 Å². The summed E-state index contributed by atoms with van der Waals surface area (Å²) >= 11 is 1.54. The van der Waals surface area contributed by atoms with Crippen molar-refractivity contribution in [3.63, 3.8) is 0 Å². The van der Waals surface area contributed by atoms with Crippen LogP contribution in [0.5, 0.6) is 0 Å². The number of sulfonamides is 1. The smallest absolute Gasteiger partial charge is 0.244 e. The van der Waals surface area contributed by atoms with Crippen LogP contribution in [0.4, 0.5) is 0 Å². The zero-order valence-corrected chi connectivity index (χ0v) is 17.3. The van der Waals surface area contributed by atoms with Crippen molar-refractivity contribution in [2.75, 3.05) is 13.6 Å². The maximum atomic E-state index is 12.0. The van der Waals surface area contributed by atoms with Crippen molar-refractivity contribution >= 4 is 33.3 Å². The summed E-state index contributed by atoms with van der Waals surface area (Å²) in [4.78, 5) is 21.0. The highest BCUT2D eigenvalue weighted by Crippen LogP contribution is 2.19. The van der Waals surface area contributed by atoms with Gasteiger partial charge in [-0.05, 0) is 43.0 Å². The molecule has 3 rings (SSSR count). The average molecular weight is 429 g/mol. The van der Waals surface area contributed by atoms with Crippen LogP contribution in [0.1, 0.15) is 10.6 Å². The fraction of sp³-hybridized carbons (Fsp3) is 0.150. The van der Waals surface area contributed by atoms with Crippen LogP contribution >= 0.6 is 11.3 Å². The lowest BCUT2D eigenvalue weighted by Gasteiger charge is -2.02. The summed E-state index contributed by atoms with van der Waals surface area (Å²) in [5.74, 6) is -0.224. The van der Waals surface area contributed by atoms with Crippen LogP contribution in [0.3, 0.4) is 0 Å². The van der Waals surface area contributed by atoms with Gasteiger partial charge in [0.15, 0.2) is 0 Å². The molecule has 0 spiro atoms. The van der Waals surface area contributed by atoms with Crippen molar-refractivity contribution in [1.29, 1.82) is 0 Å². The Balaban J connectivity index is 1.48. The number of nitrogens with zero attached hydrogens (tertiary/aromatic N) is 2. The Morgan fingerprint density at radius 3 is 2.62 bits per heavy atom. The first kappa shape index (κ1) is 20.8. The number of aromatic nitrogens is 2. The molecule has 0 unspecified atom stereocenters. The largest absolute Gasteiger partial charge is 0.352 e. The Hall–Kier alpha value is -2.88. The molecule has 0 saturated carbocycles. The van der Waals surface area contributed by atoms with Gasteiger partial charge in [-0.25, -0.2) is 18.1 Å². The van der Waals surface area contributed by atoms with Gasteiger partial charge in [-0.1, -0.05) is 18.2 Å². The van der Waals surface area contributed by atoms with Gasteiger partial charge in [-0.15, -0.1) is 11.3 Å². The Labute approximate surface area is 173 Å². The maximum absolute atomic E-state index is 12.0. The molecule has 0 aliphatic rings. The molecule has 2 aromatic heterocycles. The molecule has 150 valence electrons. The van der Waals surface area contributed by atoms with E-state index in [1.54, 1.807) is 24.4 Å². The summed E-state index contributed by atoms with van der Waals surface area (Å²) in [6.07, 6.45) is 5.41. The molecular weight excluding hydrogens is 408 g/mol. The minimum atomic E-state index is -3.46. The van der Waals surface area contributed by atoms with Gasteiger partial charge in [-0.2, -0.15) is 0 Å². The highest BCUT2D eigenvalue weighted by atomic mass is 32.2. The van der Waals surface area contributed by atoms with Gasteiger partial charge in [0.05, 0.1) is 21.3 Å². The second kappa shape index (κ2) is 9.55. The van der Waals surface area contributed by atoms with E-state index in [0.29, 0.717) is 13.0 Å². The Morgan fingerprint density at radius 1 is 1.14 bits per heavy atom. The Bertz CT molecular complexity index is 1090. The summed E-state index contributed by atoms with van der Waals surface area (Å²) in [6, 6.07) is 12.0. The number of nitrogens with one attached hydrogen (secondary N) is 2. The van der Waals surface area contributed by atoms with E-state index in [2.05, 4.69) is 20.0 Å². The lowest BCUT2D eigenvalue weighted by atomic mass is 10.2. The van der Waals surface area contributed by atoms with Crippen LogP contribution in [-0.2, 0) is 21.2 Å². The number of hydrogen-bond donors (Lipinski definition) is 2. The third-order valence-corrected chi connectivity index (χ3v) is 6.34. The van der Waals surface area contributed by atoms with E-state index >= 15 is 0 Å². The van der Waals surface area contributed by atoms with Gasteiger partial charge in [0.2, 0.25) is 15.9 Å². The topological polar surface area (TPSA) is 101 Å². The van der Waals surface area contributed by atoms with E-state index in [4.69, 9.17) is 0 Å². The minimum Gasteiger partial charge on any atom is -0.352 e. The van der Waals surface area contributed by atoms with Crippen molar-refractivity contribution in [3.8, 4) is 11.4 Å². The van der Waals surface area contributed by atoms with Gasteiger partial charge in [0.25, 0.3) is 0 Å². The number of thiazole rings is 1. The molecule has 1 aromatic carbocycles. The number of carbonyl (C=O) groups excluding carboxylic acids is 1. The first-order chi connectivity index (χ1) is 14.0. The molecular formula is C20H20N4O3S2. The molecule has 7 nitrogen and oxygen atoms in total. The molecule has 29 heavy (non-hydrogen) atoms. The van der Waals surface area contributed by atoms with Crippen LogP contribution < -0.4 is 10.0 Å². The van der Waals surface area contributed by atoms with Crippen LogP contribution in [0.25, 0.3) is 17.5 Å². The number of hydrogen-bond acceptors (Lipinski definition) is 6. The lowest BCUT2D eigenvalue weighted by Crippen LogP contribution is -2.23. The van der Waals surface area contributed by atoms with Crippen molar-refractivity contribution < 1.29 is 13.2 Å². The first-order valence-electron chi connectivity index (χ1n) is 8.83. The highest BCUT2D eigenvalue weighted by Gasteiger charge is 2.10. The summed E-state index contributed by atoms with van der Waals surface area (Å²) in [5.41, 5.74) is 2.39. The molecule has 3 aromatic rings. The molecule has 0 aliphatic heterocycles. The van der Waals surface area contributed by atoms with Crippen molar-refractivity contribution in [2.45, 2.75) is 11.3 Å². The van der Waals surface area contributed by atoms with Crippen molar-refractivity contribution in [1.82, 2.24) is 20.0 Å². The maximum Gasteiger partial charge on any atom is 0.244 e. The predicted molar refractivity (Wildman–Crippen MR) is 114 cm³/mol. The van der Waals surface area contributed by atoms with Gasteiger partial charge >= 0.3 is 0 Å². The van der Waals surface area contributed by atoms with Crippen LogP contribution in [0, 0.1) is 0 Å². The first-order valence-corrected chi connectivity index (χ1v) is 11.2. The van der Waals surface area contributed by atoms with Crippen molar-refractivity contribution in [3.05, 3.63) is 70.7 Å². The van der Waals surface area contributed by atoms with Crippen LogP contribution in [0.2, 0.25) is 0 Å². The van der Waals surface area contributed by atoms with Crippen LogP contribution in [0.15, 0.2) is 65.0 Å². The molecule has 2 heterocycles. The molecule has 1 amide bonds. The van der Waals surface area contributed by atoms with E-state index in [1.165, 1.54) is 36.6 Å². The van der Waals surface area contributed by atoms with E-state index in [1.807, 2.05) is 23.6 Å². The standard InChI is InChI=1S/C20H20N4O3S2/c1-21-29(26,27)16-8-5-15(6-9-16)7-10-19(25)23-13-11-20-24-18(14-28-20)17-4-2-3-12-22-17/h2-10,12,14,21H,11,13H2,1H3,(H,23,25)/b10-7+. The SMILES string of the molecule is CNS(=O)(=O)c1ccc(/C=C/C(=O)NCCc2nc(-c3ccccn3)cs2)cc1. The van der Waals surface area contributed by atoms with Gasteiger partial charge in [-0.3, -0.25) is 9.78 Å². The molecule has 0 bridgehead atoms. The number of benzene rings is 1. The third-order valence-electron chi connectivity index (χ3n) is 4.00. The molecule has 0 fully saturated rings. The van der Waals surface area contributed by atoms with E-state index < -0.39 is 10.0 Å². The number of pyridine rings is 1. The fourth-order valence-electron chi connectivity index (χ4n) is 2.46. The number of carbonyl (C=O) groups is 1. The molecule has 0 aliphatic carbocycles. The predicted octanol–water partition coefficient (Wildman–Crippen LogP) is 2.49. The fourth-order valence-corrected chi connectivity index (χ4v) is 3.98. The molecule has 0 atom stereocenters. The normalized spacial score (nSPS) is 11.6. The molecule has 0 saturated heterocycles. The van der Waals surface area contributed by atoms with E-state index in [-0.39, 0.29) is 10.8 Å². The minimum absolute atomic E-state index is 0.176. The summed E-state index contributed by atoms with van der Waals surface area (Å²) in [5, 5.41) is 5.70. The quantitative estimate of drug-likeness (QED) is 0.537. The highest BCUT2D eigenvalue weighted by molar-refractivity contribution is 7.89. The zero-order valence-electron chi connectivity index (χ0n) is 15.7. The van der Waals surface area contributed by atoms with E-state index in [9.17, 15) is 13.2 Å². The zero-order chi connectivity index (χ0) is 20.7. The summed E-state index contributed by atoms with van der Waals surface area (Å²) in [7, 11) is -2.10. The van der Waals surface area contributed by atoms with Gasteiger partial charge in [0, 0.05) is 30.6 Å². The molecule has 2 N–H and O–H groups in total. The van der Waals surface area contributed by atoms with Gasteiger partial charge < -0.3 is 5.32 Å². The number of amides is 1. The van der Waals surface area contributed by atoms with Crippen LogP contribution in [-0.4, -0.2) is 37.9 Å². The summed E-state index contributed by atoms with van der Waals surface area (Å²) < 4.78 is 25.6. The Morgan fingerprint density at radius 2 is 1.93 bits per heavy atom. The number of rotatable bonds is 8. The summed E-state index contributed by atoms with van der Waals surface area (Å²) in [6.45, 7) is 0.470. The average Bonchev–Trinajstić information content (AvgIpc) is 3.22. The monoisotopic (exact) mass is 428 g/mol. The van der Waals surface area contributed by atoms with Crippen molar-refractivity contribution in [2.24, 2.45) is 0 Å². The molecule has 0 radical (unpaired) electrons. The Kier molecular flexibility index (Phi) is 6.86. The third kappa shape index (κ3) is 5.80. The lowest BCUT2D eigenvalue weighted by molar-refractivity contribution is -0.116. The second-order valence-electron chi connectivity index (χ2n) is 5.99. The second-order valence-corrected chi connectivity index (χ2v) is 8.82.